The van der Waals surface area contributed by atoms with Crippen LogP contribution >= 0.6 is 28.1 Å². The Balaban J connectivity index is 2.71. The zero-order chi connectivity index (χ0) is 10.6. The van der Waals surface area contributed by atoms with Gasteiger partial charge in [-0.1, -0.05) is 6.07 Å². The van der Waals surface area contributed by atoms with Gasteiger partial charge in [-0.05, 0) is 45.8 Å². The van der Waals surface area contributed by atoms with E-state index in [-0.39, 0.29) is 0 Å². The summed E-state index contributed by atoms with van der Waals surface area (Å²) < 4.78 is 6.03. The van der Waals surface area contributed by atoms with Crippen molar-refractivity contribution in [1.29, 1.82) is 0 Å². The Morgan fingerprint density at radius 2 is 2.36 bits per heavy atom. The van der Waals surface area contributed by atoms with Crippen molar-refractivity contribution in [2.75, 3.05) is 7.11 Å². The molecule has 0 aromatic heterocycles. The Kier molecular flexibility index (Phi) is 4.16. The number of rotatable bonds is 3. The van der Waals surface area contributed by atoms with Crippen LogP contribution in [0.4, 0.5) is 0 Å². The largest absolute Gasteiger partial charge is 0.496 e. The number of nitrogens with two attached hydrogens (primary N) is 1. The topological polar surface area (TPSA) is 47.3 Å². The van der Waals surface area contributed by atoms with Crippen molar-refractivity contribution in [2.45, 2.75) is 6.54 Å². The van der Waals surface area contributed by atoms with Crippen LogP contribution in [0.5, 0.6) is 5.75 Å². The molecule has 0 amide bonds. The minimum absolute atomic E-state index is 0.303. The van der Waals surface area contributed by atoms with E-state index >= 15 is 0 Å². The van der Waals surface area contributed by atoms with Crippen LogP contribution in [-0.2, 0) is 6.54 Å². The predicted octanol–water partition coefficient (Wildman–Crippen LogP) is 1.79. The third kappa shape index (κ3) is 3.16. The Labute approximate surface area is 96.8 Å². The van der Waals surface area contributed by atoms with Gasteiger partial charge in [-0.3, -0.25) is 0 Å². The molecule has 0 bridgehead atoms. The molecule has 76 valence electrons. The van der Waals surface area contributed by atoms with Crippen molar-refractivity contribution < 1.29 is 4.74 Å². The van der Waals surface area contributed by atoms with E-state index in [1.54, 1.807) is 7.11 Å². The zero-order valence-corrected chi connectivity index (χ0v) is 10.1. The van der Waals surface area contributed by atoms with Gasteiger partial charge in [0.15, 0.2) is 5.11 Å². The molecular weight excluding hydrogens is 264 g/mol. The number of benzene rings is 1. The van der Waals surface area contributed by atoms with E-state index in [0.29, 0.717) is 11.7 Å². The van der Waals surface area contributed by atoms with Crippen LogP contribution in [-0.4, -0.2) is 12.2 Å². The highest BCUT2D eigenvalue weighted by atomic mass is 79.9. The van der Waals surface area contributed by atoms with Gasteiger partial charge < -0.3 is 15.8 Å². The van der Waals surface area contributed by atoms with Gasteiger partial charge in [-0.15, -0.1) is 0 Å². The lowest BCUT2D eigenvalue weighted by molar-refractivity contribution is 0.412. The average molecular weight is 275 g/mol. The number of ether oxygens (including phenoxy) is 1. The lowest BCUT2D eigenvalue weighted by Crippen LogP contribution is -2.28. The molecule has 1 rings (SSSR count). The van der Waals surface area contributed by atoms with Crippen LogP contribution in [0.1, 0.15) is 5.56 Å². The monoisotopic (exact) mass is 274 g/mol. The van der Waals surface area contributed by atoms with E-state index in [1.165, 1.54) is 0 Å². The molecule has 0 saturated carbocycles. The summed E-state index contributed by atoms with van der Waals surface area (Å²) in [6.07, 6.45) is 0. The van der Waals surface area contributed by atoms with Crippen LogP contribution in [0.3, 0.4) is 0 Å². The van der Waals surface area contributed by atoms with Crippen LogP contribution < -0.4 is 15.8 Å². The predicted molar refractivity (Wildman–Crippen MR) is 64.3 cm³/mol. The standard InChI is InChI=1S/C9H11BrN2OS/c1-13-8-3-2-6(4-7(8)10)5-12-9(11)14/h2-4H,5H2,1H3,(H3,11,12,14). The van der Waals surface area contributed by atoms with Crippen molar-refractivity contribution in [3.8, 4) is 5.75 Å². The number of methoxy groups -OCH3 is 1. The molecule has 0 aliphatic heterocycles. The third-order valence-corrected chi connectivity index (χ3v) is 2.45. The number of nitrogens with one attached hydrogen (secondary N) is 1. The van der Waals surface area contributed by atoms with Gasteiger partial charge in [-0.25, -0.2) is 0 Å². The number of hydrogen-bond acceptors (Lipinski definition) is 2. The first-order valence-electron chi connectivity index (χ1n) is 3.99. The summed E-state index contributed by atoms with van der Waals surface area (Å²) in [6.45, 7) is 0.623. The molecule has 0 fully saturated rings. The number of halogens is 1. The summed E-state index contributed by atoms with van der Waals surface area (Å²) in [5.74, 6) is 0.809. The minimum atomic E-state index is 0.303. The Bertz CT molecular complexity index is 344. The molecule has 0 spiro atoms. The summed E-state index contributed by atoms with van der Waals surface area (Å²) in [4.78, 5) is 0. The Morgan fingerprint density at radius 3 is 2.86 bits per heavy atom. The number of thiocarbonyl (C=S) groups is 1. The summed E-state index contributed by atoms with van der Waals surface area (Å²) in [5, 5.41) is 3.18. The molecule has 0 heterocycles. The smallest absolute Gasteiger partial charge is 0.163 e. The highest BCUT2D eigenvalue weighted by Gasteiger charge is 2.00. The van der Waals surface area contributed by atoms with E-state index in [2.05, 4.69) is 21.2 Å². The van der Waals surface area contributed by atoms with Crippen molar-refractivity contribution in [3.05, 3.63) is 28.2 Å². The Morgan fingerprint density at radius 1 is 1.64 bits per heavy atom. The molecule has 0 aliphatic rings. The molecule has 0 radical (unpaired) electrons. The summed E-state index contributed by atoms with van der Waals surface area (Å²) >= 11 is 8.10. The summed E-state index contributed by atoms with van der Waals surface area (Å²) in [6, 6.07) is 5.81. The fourth-order valence-electron chi connectivity index (χ4n) is 1.01. The molecule has 1 aromatic carbocycles. The van der Waals surface area contributed by atoms with E-state index in [1.807, 2.05) is 18.2 Å². The van der Waals surface area contributed by atoms with E-state index in [0.717, 1.165) is 15.8 Å². The molecule has 14 heavy (non-hydrogen) atoms. The fraction of sp³-hybridized carbons (Fsp3) is 0.222. The Hall–Kier alpha value is -0.810. The molecule has 3 N–H and O–H groups in total. The average Bonchev–Trinajstić information content (AvgIpc) is 2.15. The van der Waals surface area contributed by atoms with Crippen molar-refractivity contribution in [2.24, 2.45) is 5.73 Å². The first-order chi connectivity index (χ1) is 6.63. The lowest BCUT2D eigenvalue weighted by atomic mass is 10.2. The normalized spacial score (nSPS) is 9.57. The van der Waals surface area contributed by atoms with Gasteiger partial charge in [0.2, 0.25) is 0 Å². The van der Waals surface area contributed by atoms with E-state index < -0.39 is 0 Å². The van der Waals surface area contributed by atoms with Gasteiger partial charge in [0.05, 0.1) is 11.6 Å². The molecule has 0 atom stereocenters. The second kappa shape index (κ2) is 5.17. The lowest BCUT2D eigenvalue weighted by Gasteiger charge is -2.07. The maximum Gasteiger partial charge on any atom is 0.163 e. The van der Waals surface area contributed by atoms with Gasteiger partial charge in [0.25, 0.3) is 0 Å². The van der Waals surface area contributed by atoms with Crippen LogP contribution in [0.2, 0.25) is 0 Å². The zero-order valence-electron chi connectivity index (χ0n) is 7.71. The van der Waals surface area contributed by atoms with Crippen LogP contribution in [0.25, 0.3) is 0 Å². The fourth-order valence-corrected chi connectivity index (χ4v) is 1.67. The minimum Gasteiger partial charge on any atom is -0.496 e. The second-order valence-corrected chi connectivity index (χ2v) is 3.98. The van der Waals surface area contributed by atoms with E-state index in [9.17, 15) is 0 Å². The molecule has 1 aromatic rings. The van der Waals surface area contributed by atoms with Crippen molar-refractivity contribution >= 4 is 33.3 Å². The summed E-state index contributed by atoms with van der Waals surface area (Å²) in [7, 11) is 1.63. The molecule has 0 saturated heterocycles. The highest BCUT2D eigenvalue weighted by molar-refractivity contribution is 9.10. The molecular formula is C9H11BrN2OS. The van der Waals surface area contributed by atoms with Gasteiger partial charge in [0.1, 0.15) is 5.75 Å². The maximum atomic E-state index is 5.32. The van der Waals surface area contributed by atoms with Crippen molar-refractivity contribution in [3.63, 3.8) is 0 Å². The number of hydrogen-bond donors (Lipinski definition) is 2. The summed E-state index contributed by atoms with van der Waals surface area (Å²) in [5.41, 5.74) is 6.41. The first kappa shape index (κ1) is 11.3. The van der Waals surface area contributed by atoms with Gasteiger partial charge in [0, 0.05) is 6.54 Å². The quantitative estimate of drug-likeness (QED) is 0.826. The molecule has 3 nitrogen and oxygen atoms in total. The maximum absolute atomic E-state index is 5.32. The molecule has 5 heteroatoms. The van der Waals surface area contributed by atoms with Crippen LogP contribution in [0, 0.1) is 0 Å². The highest BCUT2D eigenvalue weighted by Crippen LogP contribution is 2.25. The van der Waals surface area contributed by atoms with E-state index in [4.69, 9.17) is 22.7 Å². The van der Waals surface area contributed by atoms with Gasteiger partial charge >= 0.3 is 0 Å². The second-order valence-electron chi connectivity index (χ2n) is 2.69. The van der Waals surface area contributed by atoms with Crippen molar-refractivity contribution in [1.82, 2.24) is 5.32 Å². The molecule has 0 unspecified atom stereocenters. The molecule has 0 aliphatic carbocycles. The SMILES string of the molecule is COc1ccc(CNC(N)=S)cc1Br. The van der Waals surface area contributed by atoms with Crippen LogP contribution in [0.15, 0.2) is 22.7 Å². The first-order valence-corrected chi connectivity index (χ1v) is 5.19. The van der Waals surface area contributed by atoms with Gasteiger partial charge in [-0.2, -0.15) is 0 Å². The third-order valence-electron chi connectivity index (χ3n) is 1.68.